The van der Waals surface area contributed by atoms with Crippen LogP contribution in [0.4, 0.5) is 9.59 Å². The van der Waals surface area contributed by atoms with Gasteiger partial charge in [0.2, 0.25) is 0 Å². The lowest BCUT2D eigenvalue weighted by atomic mass is 9.86. The van der Waals surface area contributed by atoms with Crippen molar-refractivity contribution in [1.82, 2.24) is 10.6 Å². The molecule has 0 spiro atoms. The molecule has 0 aromatic carbocycles. The van der Waals surface area contributed by atoms with Gasteiger partial charge in [0.15, 0.2) is 0 Å². The molecule has 0 aliphatic heterocycles. The zero-order valence-electron chi connectivity index (χ0n) is 21.2. The maximum absolute atomic E-state index is 11.5. The Kier molecular flexibility index (Phi) is 11.8. The molecule has 188 valence electrons. The molecule has 0 aromatic heterocycles. The SMILES string of the molecule is CC(C)(C)OC(=O)NC1CCC(CN)CC1.CC(C)(C)OC(=O)NC1CCC(CN)CC1. The van der Waals surface area contributed by atoms with E-state index in [4.69, 9.17) is 20.9 Å². The number of amides is 2. The molecule has 0 heterocycles. The molecule has 2 saturated carbocycles. The van der Waals surface area contributed by atoms with Crippen LogP contribution < -0.4 is 22.1 Å². The summed E-state index contributed by atoms with van der Waals surface area (Å²) in [6.45, 7) is 12.8. The predicted octanol–water partition coefficient (Wildman–Crippen LogP) is 4.06. The van der Waals surface area contributed by atoms with Crippen molar-refractivity contribution in [2.75, 3.05) is 13.1 Å². The van der Waals surface area contributed by atoms with Crippen LogP contribution in [0.5, 0.6) is 0 Å². The Labute approximate surface area is 194 Å². The van der Waals surface area contributed by atoms with E-state index < -0.39 is 11.2 Å². The van der Waals surface area contributed by atoms with Gasteiger partial charge < -0.3 is 31.6 Å². The lowest BCUT2D eigenvalue weighted by Gasteiger charge is -2.29. The van der Waals surface area contributed by atoms with Gasteiger partial charge in [0.25, 0.3) is 0 Å². The summed E-state index contributed by atoms with van der Waals surface area (Å²) in [4.78, 5) is 23.0. The van der Waals surface area contributed by atoms with Crippen molar-refractivity contribution in [2.24, 2.45) is 23.3 Å². The van der Waals surface area contributed by atoms with E-state index in [1.54, 1.807) is 0 Å². The third-order valence-corrected chi connectivity index (χ3v) is 5.80. The van der Waals surface area contributed by atoms with Gasteiger partial charge in [0.05, 0.1) is 0 Å². The van der Waals surface area contributed by atoms with Crippen LogP contribution in [0.1, 0.15) is 92.9 Å². The van der Waals surface area contributed by atoms with Crippen LogP contribution in [-0.2, 0) is 9.47 Å². The Morgan fingerprint density at radius 3 is 1.16 bits per heavy atom. The van der Waals surface area contributed by atoms with Crippen molar-refractivity contribution in [2.45, 2.75) is 116 Å². The topological polar surface area (TPSA) is 129 Å². The molecule has 2 fully saturated rings. The minimum atomic E-state index is -0.418. The molecular formula is C24H48N4O4. The molecule has 6 N–H and O–H groups in total. The van der Waals surface area contributed by atoms with Gasteiger partial charge in [-0.1, -0.05) is 0 Å². The van der Waals surface area contributed by atoms with Crippen LogP contribution in [-0.4, -0.2) is 48.6 Å². The number of nitrogens with one attached hydrogen (secondary N) is 2. The highest BCUT2D eigenvalue weighted by Crippen LogP contribution is 2.24. The minimum absolute atomic E-state index is 0.262. The first kappa shape index (κ1) is 28.5. The van der Waals surface area contributed by atoms with Gasteiger partial charge in [-0.2, -0.15) is 0 Å². The summed E-state index contributed by atoms with van der Waals surface area (Å²) in [7, 11) is 0. The summed E-state index contributed by atoms with van der Waals surface area (Å²) in [6.07, 6.45) is 7.89. The van der Waals surface area contributed by atoms with Crippen molar-refractivity contribution in [1.29, 1.82) is 0 Å². The van der Waals surface area contributed by atoms with Crippen LogP contribution in [0.15, 0.2) is 0 Å². The number of nitrogens with two attached hydrogens (primary N) is 2. The average Bonchev–Trinajstić information content (AvgIpc) is 2.66. The zero-order valence-corrected chi connectivity index (χ0v) is 21.2. The summed E-state index contributed by atoms with van der Waals surface area (Å²) in [6, 6.07) is 0.523. The van der Waals surface area contributed by atoms with E-state index in [0.717, 1.165) is 64.5 Å². The Morgan fingerprint density at radius 2 is 0.938 bits per heavy atom. The van der Waals surface area contributed by atoms with E-state index in [2.05, 4.69) is 10.6 Å². The number of carbonyl (C=O) groups is 2. The Hall–Kier alpha value is -1.54. The van der Waals surface area contributed by atoms with Gasteiger partial charge in [-0.05, 0) is 118 Å². The third kappa shape index (κ3) is 13.1. The van der Waals surface area contributed by atoms with E-state index in [-0.39, 0.29) is 24.3 Å². The number of alkyl carbamates (subject to hydrolysis) is 2. The second kappa shape index (κ2) is 13.2. The number of hydrogen-bond donors (Lipinski definition) is 4. The average molecular weight is 457 g/mol. The summed E-state index contributed by atoms with van der Waals surface area (Å²) >= 11 is 0. The van der Waals surface area contributed by atoms with E-state index in [1.807, 2.05) is 41.5 Å². The van der Waals surface area contributed by atoms with Crippen LogP contribution in [0, 0.1) is 11.8 Å². The molecule has 8 heteroatoms. The first-order chi connectivity index (χ1) is 14.8. The van der Waals surface area contributed by atoms with Crippen LogP contribution in [0.25, 0.3) is 0 Å². The summed E-state index contributed by atoms with van der Waals surface area (Å²) in [5.41, 5.74) is 10.4. The highest BCUT2D eigenvalue weighted by molar-refractivity contribution is 5.68. The van der Waals surface area contributed by atoms with Crippen molar-refractivity contribution < 1.29 is 19.1 Å². The molecule has 0 aromatic rings. The third-order valence-electron chi connectivity index (χ3n) is 5.80. The fourth-order valence-electron chi connectivity index (χ4n) is 4.03. The van der Waals surface area contributed by atoms with Crippen molar-refractivity contribution in [3.05, 3.63) is 0 Å². The predicted molar refractivity (Wildman–Crippen MR) is 128 cm³/mol. The fourth-order valence-corrected chi connectivity index (χ4v) is 4.03. The highest BCUT2D eigenvalue weighted by atomic mass is 16.6. The van der Waals surface area contributed by atoms with Crippen molar-refractivity contribution in [3.8, 4) is 0 Å². The van der Waals surface area contributed by atoms with Gasteiger partial charge in [0, 0.05) is 12.1 Å². The van der Waals surface area contributed by atoms with Gasteiger partial charge in [-0.15, -0.1) is 0 Å². The quantitative estimate of drug-likeness (QED) is 0.505. The fraction of sp³-hybridized carbons (Fsp3) is 0.917. The second-order valence-corrected chi connectivity index (χ2v) is 11.2. The standard InChI is InChI=1S/2C12H24N2O2/c2*1-12(2,3)16-11(15)14-10-6-4-9(8-13)5-7-10/h2*9-10H,4-8,13H2,1-3H3,(H,14,15). The number of carbonyl (C=O) groups excluding carboxylic acids is 2. The molecule has 2 aliphatic rings. The molecule has 0 saturated heterocycles. The lowest BCUT2D eigenvalue weighted by Crippen LogP contribution is -2.41. The minimum Gasteiger partial charge on any atom is -0.444 e. The number of rotatable bonds is 4. The molecule has 32 heavy (non-hydrogen) atoms. The number of hydrogen-bond acceptors (Lipinski definition) is 6. The van der Waals surface area contributed by atoms with Gasteiger partial charge in [0.1, 0.15) is 11.2 Å². The summed E-state index contributed by atoms with van der Waals surface area (Å²) < 4.78 is 10.4. The normalized spacial score (nSPS) is 26.2. The Bertz CT molecular complexity index is 505. The van der Waals surface area contributed by atoms with E-state index >= 15 is 0 Å². The monoisotopic (exact) mass is 456 g/mol. The van der Waals surface area contributed by atoms with E-state index in [1.165, 1.54) is 0 Å². The number of ether oxygens (including phenoxy) is 2. The molecule has 0 unspecified atom stereocenters. The molecule has 2 amide bonds. The van der Waals surface area contributed by atoms with Crippen LogP contribution >= 0.6 is 0 Å². The van der Waals surface area contributed by atoms with Crippen LogP contribution in [0.2, 0.25) is 0 Å². The van der Waals surface area contributed by atoms with Gasteiger partial charge in [-0.25, -0.2) is 9.59 Å². The maximum Gasteiger partial charge on any atom is 0.407 e. The molecular weight excluding hydrogens is 408 g/mol. The second-order valence-electron chi connectivity index (χ2n) is 11.2. The van der Waals surface area contributed by atoms with E-state index in [9.17, 15) is 9.59 Å². The first-order valence-corrected chi connectivity index (χ1v) is 12.2. The van der Waals surface area contributed by atoms with Gasteiger partial charge in [-0.3, -0.25) is 0 Å². The van der Waals surface area contributed by atoms with Gasteiger partial charge >= 0.3 is 12.2 Å². The van der Waals surface area contributed by atoms with Crippen molar-refractivity contribution >= 4 is 12.2 Å². The van der Waals surface area contributed by atoms with E-state index in [0.29, 0.717) is 11.8 Å². The summed E-state index contributed by atoms with van der Waals surface area (Å²) in [5.74, 6) is 1.27. The zero-order chi connectivity index (χ0) is 24.4. The molecule has 8 nitrogen and oxygen atoms in total. The first-order valence-electron chi connectivity index (χ1n) is 12.2. The molecule has 0 atom stereocenters. The Morgan fingerprint density at radius 1 is 0.656 bits per heavy atom. The van der Waals surface area contributed by atoms with Crippen LogP contribution in [0.3, 0.4) is 0 Å². The molecule has 0 bridgehead atoms. The summed E-state index contributed by atoms with van der Waals surface area (Å²) in [5, 5.41) is 5.84. The molecule has 2 aliphatic carbocycles. The molecule has 0 radical (unpaired) electrons. The highest BCUT2D eigenvalue weighted by Gasteiger charge is 2.25. The maximum atomic E-state index is 11.5. The Balaban J connectivity index is 0.000000320. The smallest absolute Gasteiger partial charge is 0.407 e. The van der Waals surface area contributed by atoms with Crippen molar-refractivity contribution in [3.63, 3.8) is 0 Å². The largest absolute Gasteiger partial charge is 0.444 e. The lowest BCUT2D eigenvalue weighted by molar-refractivity contribution is 0.0476. The molecule has 2 rings (SSSR count).